The van der Waals surface area contributed by atoms with Crippen molar-refractivity contribution in [1.29, 1.82) is 0 Å². The topological polar surface area (TPSA) is 163 Å². The number of benzene rings is 1. The van der Waals surface area contributed by atoms with Crippen LogP contribution in [0.5, 0.6) is 0 Å². The van der Waals surface area contributed by atoms with E-state index in [-0.39, 0.29) is 11.1 Å². The molecule has 1 aromatic rings. The lowest BCUT2D eigenvalue weighted by molar-refractivity contribution is 0.455. The summed E-state index contributed by atoms with van der Waals surface area (Å²) >= 11 is 0. The van der Waals surface area contributed by atoms with E-state index < -0.39 is 45.0 Å². The maximum absolute atomic E-state index is 11.3. The van der Waals surface area contributed by atoms with Gasteiger partial charge in [-0.2, -0.15) is 25.3 Å². The predicted molar refractivity (Wildman–Crippen MR) is 65.4 cm³/mol. The molecule has 0 aliphatic carbocycles. The van der Waals surface area contributed by atoms with Gasteiger partial charge in [0.25, 0.3) is 30.4 Å². The molecule has 0 aliphatic rings. The number of rotatable bonds is 3. The van der Waals surface area contributed by atoms with Gasteiger partial charge in [0.05, 0.1) is 0 Å². The standard InChI is InChI=1S/C8H10O9S3/c1-4-3-6(18(9,10)11)8(20(15,16)17)7(5(4)2)19(12,13)14/h3H,1-2H3,(H,9,10,11)(H,12,13,14)(H,15,16,17). The second kappa shape index (κ2) is 4.75. The van der Waals surface area contributed by atoms with Crippen LogP contribution in [0, 0.1) is 13.8 Å². The Bertz CT molecular complexity index is 876. The lowest BCUT2D eigenvalue weighted by Gasteiger charge is -2.13. The molecular weight excluding hydrogens is 336 g/mol. The number of hydrogen-bond donors (Lipinski definition) is 3. The summed E-state index contributed by atoms with van der Waals surface area (Å²) in [5.41, 5.74) is -0.315. The molecule has 1 aromatic carbocycles. The first kappa shape index (κ1) is 17.0. The summed E-state index contributed by atoms with van der Waals surface area (Å²) in [6.07, 6.45) is 0. The van der Waals surface area contributed by atoms with Gasteiger partial charge in [-0.25, -0.2) is 0 Å². The molecule has 0 fully saturated rings. The number of hydrogen-bond acceptors (Lipinski definition) is 6. The van der Waals surface area contributed by atoms with Crippen molar-refractivity contribution >= 4 is 30.4 Å². The SMILES string of the molecule is Cc1cc(S(=O)(=O)O)c(S(=O)(=O)O)c(S(=O)(=O)O)c1C. The Kier molecular flexibility index (Phi) is 4.04. The fourth-order valence-electron chi connectivity index (χ4n) is 1.58. The first-order valence-corrected chi connectivity index (χ1v) is 9.06. The van der Waals surface area contributed by atoms with Crippen LogP contribution in [0.1, 0.15) is 11.1 Å². The van der Waals surface area contributed by atoms with Crippen molar-refractivity contribution in [1.82, 2.24) is 0 Å². The van der Waals surface area contributed by atoms with Gasteiger partial charge in [0.15, 0.2) is 0 Å². The van der Waals surface area contributed by atoms with Gasteiger partial charge in [-0.3, -0.25) is 13.7 Å². The Morgan fingerprint density at radius 1 is 0.750 bits per heavy atom. The summed E-state index contributed by atoms with van der Waals surface area (Å²) in [4.78, 5) is -4.23. The molecule has 0 bridgehead atoms. The monoisotopic (exact) mass is 346 g/mol. The van der Waals surface area contributed by atoms with Crippen LogP contribution in [0.2, 0.25) is 0 Å². The third-order valence-corrected chi connectivity index (χ3v) is 5.61. The summed E-state index contributed by atoms with van der Waals surface area (Å²) in [5, 5.41) is 0. The summed E-state index contributed by atoms with van der Waals surface area (Å²) in [6.45, 7) is 2.33. The average Bonchev–Trinajstić information content (AvgIpc) is 2.15. The quantitative estimate of drug-likeness (QED) is 0.641. The lowest BCUT2D eigenvalue weighted by Crippen LogP contribution is -2.16. The Hall–Kier alpha value is -1.05. The van der Waals surface area contributed by atoms with Crippen LogP contribution in [0.15, 0.2) is 20.8 Å². The van der Waals surface area contributed by atoms with E-state index in [0.717, 1.165) is 6.92 Å². The maximum Gasteiger partial charge on any atom is 0.297 e. The molecular formula is C8H10O9S3. The molecule has 0 atom stereocenters. The van der Waals surface area contributed by atoms with Gasteiger partial charge in [-0.05, 0) is 31.0 Å². The molecule has 0 saturated carbocycles. The maximum atomic E-state index is 11.3. The Morgan fingerprint density at radius 3 is 1.45 bits per heavy atom. The first-order valence-electron chi connectivity index (χ1n) is 4.74. The number of aryl methyl sites for hydroxylation is 1. The molecule has 0 amide bonds. The van der Waals surface area contributed by atoms with Crippen LogP contribution >= 0.6 is 0 Å². The Morgan fingerprint density at radius 2 is 1.15 bits per heavy atom. The highest BCUT2D eigenvalue weighted by Gasteiger charge is 2.34. The van der Waals surface area contributed by atoms with E-state index in [9.17, 15) is 25.3 Å². The zero-order valence-electron chi connectivity index (χ0n) is 10.1. The van der Waals surface area contributed by atoms with Gasteiger partial charge < -0.3 is 0 Å². The molecule has 0 spiro atoms. The minimum atomic E-state index is -5.35. The predicted octanol–water partition coefficient (Wildman–Crippen LogP) is 0.0435. The molecule has 12 heteroatoms. The van der Waals surface area contributed by atoms with E-state index in [2.05, 4.69) is 0 Å². The van der Waals surface area contributed by atoms with Crippen molar-refractivity contribution < 1.29 is 38.9 Å². The molecule has 0 aromatic heterocycles. The van der Waals surface area contributed by atoms with Crippen LogP contribution in [0.3, 0.4) is 0 Å². The van der Waals surface area contributed by atoms with Gasteiger partial charge in [0, 0.05) is 0 Å². The highest BCUT2D eigenvalue weighted by Crippen LogP contribution is 2.33. The molecule has 1 rings (SSSR count). The summed E-state index contributed by atoms with van der Waals surface area (Å²) < 4.78 is 94.3. The van der Waals surface area contributed by atoms with Crippen LogP contribution < -0.4 is 0 Å². The van der Waals surface area contributed by atoms with Crippen molar-refractivity contribution in [3.8, 4) is 0 Å². The third kappa shape index (κ3) is 3.16. The smallest absolute Gasteiger partial charge is 0.282 e. The van der Waals surface area contributed by atoms with Crippen molar-refractivity contribution in [3.63, 3.8) is 0 Å². The minimum Gasteiger partial charge on any atom is -0.282 e. The summed E-state index contributed by atoms with van der Waals surface area (Å²) in [6, 6.07) is 0.669. The van der Waals surface area contributed by atoms with E-state index in [1.54, 1.807) is 0 Å². The largest absolute Gasteiger partial charge is 0.297 e. The van der Waals surface area contributed by atoms with E-state index in [1.165, 1.54) is 6.92 Å². The Balaban J connectivity index is 4.30. The zero-order valence-corrected chi connectivity index (χ0v) is 12.5. The molecule has 3 N–H and O–H groups in total. The van der Waals surface area contributed by atoms with Crippen molar-refractivity contribution in [2.45, 2.75) is 28.5 Å². The Labute approximate surface area is 115 Å². The van der Waals surface area contributed by atoms with Crippen LogP contribution in [-0.4, -0.2) is 38.9 Å². The van der Waals surface area contributed by atoms with E-state index in [1.807, 2.05) is 0 Å². The molecule has 114 valence electrons. The van der Waals surface area contributed by atoms with Gasteiger partial charge >= 0.3 is 0 Å². The highest BCUT2D eigenvalue weighted by molar-refractivity contribution is 7.90. The van der Waals surface area contributed by atoms with Gasteiger partial charge in [-0.1, -0.05) is 0 Å². The van der Waals surface area contributed by atoms with Crippen LogP contribution in [-0.2, 0) is 30.4 Å². The summed E-state index contributed by atoms with van der Waals surface area (Å²) in [7, 11) is -15.7. The van der Waals surface area contributed by atoms with Crippen LogP contribution in [0.25, 0.3) is 0 Å². The highest BCUT2D eigenvalue weighted by atomic mass is 32.2. The van der Waals surface area contributed by atoms with E-state index in [4.69, 9.17) is 13.7 Å². The minimum absolute atomic E-state index is 0.0300. The first-order chi connectivity index (χ1) is 8.67. The summed E-state index contributed by atoms with van der Waals surface area (Å²) in [5.74, 6) is 0. The second-order valence-electron chi connectivity index (χ2n) is 3.90. The van der Waals surface area contributed by atoms with Gasteiger partial charge in [0.1, 0.15) is 14.7 Å². The van der Waals surface area contributed by atoms with Crippen molar-refractivity contribution in [2.75, 3.05) is 0 Å². The van der Waals surface area contributed by atoms with Crippen molar-refractivity contribution in [2.24, 2.45) is 0 Å². The molecule has 0 heterocycles. The molecule has 20 heavy (non-hydrogen) atoms. The molecule has 0 radical (unpaired) electrons. The molecule has 0 unspecified atom stereocenters. The van der Waals surface area contributed by atoms with Gasteiger partial charge in [-0.15, -0.1) is 0 Å². The molecule has 9 nitrogen and oxygen atoms in total. The molecule has 0 aliphatic heterocycles. The average molecular weight is 346 g/mol. The van der Waals surface area contributed by atoms with E-state index in [0.29, 0.717) is 6.07 Å². The van der Waals surface area contributed by atoms with Gasteiger partial charge in [0.2, 0.25) is 0 Å². The normalized spacial score (nSPS) is 13.4. The van der Waals surface area contributed by atoms with Crippen molar-refractivity contribution in [3.05, 3.63) is 17.2 Å². The molecule has 0 saturated heterocycles. The lowest BCUT2D eigenvalue weighted by atomic mass is 10.1. The van der Waals surface area contributed by atoms with E-state index >= 15 is 0 Å². The second-order valence-corrected chi connectivity index (χ2v) is 8.01. The van der Waals surface area contributed by atoms with Crippen LogP contribution in [0.4, 0.5) is 0 Å². The fraction of sp³-hybridized carbons (Fsp3) is 0.250. The zero-order chi connectivity index (χ0) is 16.1. The third-order valence-electron chi connectivity index (χ3n) is 2.50. The fourth-order valence-corrected chi connectivity index (χ4v) is 5.16.